The Balaban J connectivity index is 1.95. The molecule has 0 aliphatic heterocycles. The van der Waals surface area contributed by atoms with E-state index >= 15 is 0 Å². The fraction of sp³-hybridized carbons (Fsp3) is 0.222. The second kappa shape index (κ2) is 9.54. The molecule has 0 bridgehead atoms. The lowest BCUT2D eigenvalue weighted by Gasteiger charge is -2.06. The molecule has 3 aromatic rings. The Hall–Kier alpha value is -2.36. The standard InChI is InChI=1S/C18H17F2N3O2S2/c1-24-8-7-21-18-23(22-10-13-6-9-26-11-13)16(12-27-18)14-2-4-15(5-3-14)25-17(19)20/h2-6,9-12,17H,7-8H2,1H3/b21-18?,22-10-. The fourth-order valence-corrected chi connectivity index (χ4v) is 3.71. The molecule has 27 heavy (non-hydrogen) atoms. The molecule has 0 fully saturated rings. The number of methoxy groups -OCH3 is 1. The molecular weight excluding hydrogens is 392 g/mol. The van der Waals surface area contributed by atoms with Crippen LogP contribution in [-0.2, 0) is 4.74 Å². The van der Waals surface area contributed by atoms with Gasteiger partial charge in [-0.05, 0) is 41.1 Å². The zero-order chi connectivity index (χ0) is 19.1. The fourth-order valence-electron chi connectivity index (χ4n) is 2.23. The monoisotopic (exact) mass is 409 g/mol. The van der Waals surface area contributed by atoms with E-state index in [1.807, 2.05) is 22.2 Å². The number of alkyl halides is 2. The van der Waals surface area contributed by atoms with E-state index in [4.69, 9.17) is 4.74 Å². The average Bonchev–Trinajstić information content (AvgIpc) is 3.30. The van der Waals surface area contributed by atoms with Crippen molar-refractivity contribution in [3.8, 4) is 17.0 Å². The highest BCUT2D eigenvalue weighted by Gasteiger charge is 2.09. The van der Waals surface area contributed by atoms with E-state index in [1.165, 1.54) is 23.5 Å². The van der Waals surface area contributed by atoms with Crippen LogP contribution in [0.4, 0.5) is 8.78 Å². The van der Waals surface area contributed by atoms with Crippen molar-refractivity contribution in [2.75, 3.05) is 20.3 Å². The Morgan fingerprint density at radius 3 is 2.67 bits per heavy atom. The average molecular weight is 409 g/mol. The largest absolute Gasteiger partial charge is 0.435 e. The number of benzene rings is 1. The molecule has 5 nitrogen and oxygen atoms in total. The number of thiazole rings is 1. The van der Waals surface area contributed by atoms with Crippen molar-refractivity contribution in [3.05, 3.63) is 56.8 Å². The van der Waals surface area contributed by atoms with Gasteiger partial charge in [0.05, 0.1) is 25.1 Å². The molecule has 0 spiro atoms. The van der Waals surface area contributed by atoms with Crippen LogP contribution in [0.2, 0.25) is 0 Å². The molecule has 0 N–H and O–H groups in total. The number of rotatable bonds is 8. The van der Waals surface area contributed by atoms with Crippen molar-refractivity contribution in [1.82, 2.24) is 4.68 Å². The Kier molecular flexibility index (Phi) is 6.86. The lowest BCUT2D eigenvalue weighted by Crippen LogP contribution is -2.13. The molecule has 9 heteroatoms. The predicted molar refractivity (Wildman–Crippen MR) is 104 cm³/mol. The maximum atomic E-state index is 12.3. The van der Waals surface area contributed by atoms with Crippen molar-refractivity contribution >= 4 is 28.9 Å². The molecule has 0 aliphatic rings. The summed E-state index contributed by atoms with van der Waals surface area (Å²) >= 11 is 3.04. The van der Waals surface area contributed by atoms with Gasteiger partial charge in [0.1, 0.15) is 5.75 Å². The van der Waals surface area contributed by atoms with Gasteiger partial charge in [0.2, 0.25) is 4.80 Å². The minimum Gasteiger partial charge on any atom is -0.435 e. The molecule has 2 heterocycles. The minimum absolute atomic E-state index is 0.113. The first-order valence-electron chi connectivity index (χ1n) is 7.99. The maximum Gasteiger partial charge on any atom is 0.387 e. The van der Waals surface area contributed by atoms with Crippen molar-refractivity contribution < 1.29 is 18.3 Å². The number of hydrogen-bond donors (Lipinski definition) is 0. The van der Waals surface area contributed by atoms with Crippen molar-refractivity contribution in [2.45, 2.75) is 6.61 Å². The summed E-state index contributed by atoms with van der Waals surface area (Å²) < 4.78 is 35.8. The molecule has 0 saturated carbocycles. The minimum atomic E-state index is -2.84. The molecule has 2 aromatic heterocycles. The van der Waals surface area contributed by atoms with Crippen LogP contribution in [0.3, 0.4) is 0 Å². The summed E-state index contributed by atoms with van der Waals surface area (Å²) in [5.74, 6) is 0.113. The third-order valence-corrected chi connectivity index (χ3v) is 5.02. The third kappa shape index (κ3) is 5.31. The number of hydrogen-bond acceptors (Lipinski definition) is 6. The van der Waals surface area contributed by atoms with Crippen molar-refractivity contribution in [1.29, 1.82) is 0 Å². The molecule has 3 rings (SSSR count). The molecular formula is C18H17F2N3O2S2. The van der Waals surface area contributed by atoms with Crippen LogP contribution >= 0.6 is 22.7 Å². The lowest BCUT2D eigenvalue weighted by atomic mass is 10.2. The van der Waals surface area contributed by atoms with Crippen LogP contribution in [-0.4, -0.2) is 37.8 Å². The van der Waals surface area contributed by atoms with Gasteiger partial charge < -0.3 is 9.47 Å². The second-order valence-electron chi connectivity index (χ2n) is 5.29. The summed E-state index contributed by atoms with van der Waals surface area (Å²) in [5.41, 5.74) is 2.63. The topological polar surface area (TPSA) is 48.1 Å². The Labute approximate surface area is 162 Å². The highest BCUT2D eigenvalue weighted by molar-refractivity contribution is 7.08. The molecule has 0 unspecified atom stereocenters. The molecule has 142 valence electrons. The smallest absolute Gasteiger partial charge is 0.387 e. The third-order valence-electron chi connectivity index (χ3n) is 3.47. The van der Waals surface area contributed by atoms with E-state index in [1.54, 1.807) is 41.5 Å². The number of halogens is 2. The highest BCUT2D eigenvalue weighted by Crippen LogP contribution is 2.24. The Bertz CT molecular complexity index is 932. The van der Waals surface area contributed by atoms with E-state index in [-0.39, 0.29) is 5.75 Å². The van der Waals surface area contributed by atoms with Gasteiger partial charge in [-0.3, -0.25) is 4.99 Å². The van der Waals surface area contributed by atoms with Gasteiger partial charge in [-0.1, -0.05) is 0 Å². The first-order chi connectivity index (χ1) is 13.2. The summed E-state index contributed by atoms with van der Waals surface area (Å²) in [6.07, 6.45) is 1.76. The molecule has 0 aliphatic carbocycles. The van der Waals surface area contributed by atoms with Crippen LogP contribution in [0.25, 0.3) is 11.3 Å². The molecule has 0 amide bonds. The molecule has 0 atom stereocenters. The van der Waals surface area contributed by atoms with Gasteiger partial charge >= 0.3 is 6.61 Å². The summed E-state index contributed by atoms with van der Waals surface area (Å²) in [6, 6.07) is 8.42. The second-order valence-corrected chi connectivity index (χ2v) is 6.91. The summed E-state index contributed by atoms with van der Waals surface area (Å²) in [5, 5.41) is 10.5. The quantitative estimate of drug-likeness (QED) is 0.411. The molecule has 0 radical (unpaired) electrons. The summed E-state index contributed by atoms with van der Waals surface area (Å²) in [7, 11) is 1.63. The maximum absolute atomic E-state index is 12.3. The first-order valence-corrected chi connectivity index (χ1v) is 9.81. The normalized spacial score (nSPS) is 12.4. The van der Waals surface area contributed by atoms with Crippen LogP contribution in [0.5, 0.6) is 5.75 Å². The van der Waals surface area contributed by atoms with Gasteiger partial charge in [-0.25, -0.2) is 4.68 Å². The number of thiophene rings is 1. The Morgan fingerprint density at radius 1 is 1.19 bits per heavy atom. The van der Waals surface area contributed by atoms with Crippen molar-refractivity contribution in [3.63, 3.8) is 0 Å². The zero-order valence-corrected chi connectivity index (χ0v) is 16.1. The van der Waals surface area contributed by atoms with Gasteiger partial charge in [-0.2, -0.15) is 25.2 Å². The van der Waals surface area contributed by atoms with Gasteiger partial charge in [0.25, 0.3) is 0 Å². The molecule has 1 aromatic carbocycles. The van der Waals surface area contributed by atoms with E-state index in [9.17, 15) is 8.78 Å². The van der Waals surface area contributed by atoms with E-state index in [0.29, 0.717) is 13.2 Å². The Morgan fingerprint density at radius 2 is 2.00 bits per heavy atom. The van der Waals surface area contributed by atoms with E-state index in [0.717, 1.165) is 21.6 Å². The van der Waals surface area contributed by atoms with Crippen molar-refractivity contribution in [2.24, 2.45) is 10.1 Å². The van der Waals surface area contributed by atoms with Crippen LogP contribution in [0.15, 0.2) is 56.6 Å². The van der Waals surface area contributed by atoms with E-state index in [2.05, 4.69) is 14.8 Å². The first kappa shape index (κ1) is 19.4. The van der Waals surface area contributed by atoms with Crippen LogP contribution < -0.4 is 9.54 Å². The van der Waals surface area contributed by atoms with Crippen LogP contribution in [0, 0.1) is 0 Å². The number of nitrogens with zero attached hydrogens (tertiary/aromatic N) is 3. The summed E-state index contributed by atoms with van der Waals surface area (Å²) in [6.45, 7) is -1.81. The van der Waals surface area contributed by atoms with Gasteiger partial charge in [0, 0.05) is 23.6 Å². The SMILES string of the molecule is COCCN=c1scc(-c2ccc(OC(F)F)cc2)n1/N=C\c1ccsc1. The molecule has 0 saturated heterocycles. The zero-order valence-electron chi connectivity index (χ0n) is 14.4. The highest BCUT2D eigenvalue weighted by atomic mass is 32.1. The van der Waals surface area contributed by atoms with E-state index < -0.39 is 6.61 Å². The summed E-state index contributed by atoms with van der Waals surface area (Å²) in [4.78, 5) is 5.24. The van der Waals surface area contributed by atoms with Gasteiger partial charge in [-0.15, -0.1) is 11.3 Å². The number of ether oxygens (including phenoxy) is 2. The van der Waals surface area contributed by atoms with Gasteiger partial charge in [0.15, 0.2) is 0 Å². The predicted octanol–water partition coefficient (Wildman–Crippen LogP) is 4.31. The van der Waals surface area contributed by atoms with Crippen LogP contribution in [0.1, 0.15) is 5.56 Å². The number of aromatic nitrogens is 1. The lowest BCUT2D eigenvalue weighted by molar-refractivity contribution is -0.0498.